The molecule has 3 rings (SSSR count). The SMILES string of the molecule is Cn1c(CCCNC(=O)C(F)(F)CC2CCCO2)nc2ccccc21. The maximum absolute atomic E-state index is 13.9. The van der Waals surface area contributed by atoms with E-state index >= 15 is 0 Å². The minimum absolute atomic E-state index is 0.198. The van der Waals surface area contributed by atoms with Crippen molar-refractivity contribution in [3.63, 3.8) is 0 Å². The number of alkyl halides is 2. The molecule has 25 heavy (non-hydrogen) atoms. The van der Waals surface area contributed by atoms with Crippen LogP contribution in [0.1, 0.15) is 31.5 Å². The van der Waals surface area contributed by atoms with Crippen molar-refractivity contribution in [3.8, 4) is 0 Å². The van der Waals surface area contributed by atoms with E-state index in [-0.39, 0.29) is 6.54 Å². The molecular formula is C18H23F2N3O2. The summed E-state index contributed by atoms with van der Waals surface area (Å²) in [5, 5.41) is 2.34. The quantitative estimate of drug-likeness (QED) is 0.781. The Hall–Kier alpha value is -2.02. The summed E-state index contributed by atoms with van der Waals surface area (Å²) < 4.78 is 35.0. The molecule has 2 heterocycles. The van der Waals surface area contributed by atoms with Crippen LogP contribution in [0, 0.1) is 0 Å². The smallest absolute Gasteiger partial charge is 0.327 e. The van der Waals surface area contributed by atoms with Crippen molar-refractivity contribution in [1.82, 2.24) is 14.9 Å². The van der Waals surface area contributed by atoms with Crippen molar-refractivity contribution in [2.24, 2.45) is 7.05 Å². The molecule has 0 bridgehead atoms. The number of fused-ring (bicyclic) bond motifs is 1. The normalized spacial score (nSPS) is 18.0. The Labute approximate surface area is 145 Å². The van der Waals surface area contributed by atoms with E-state index in [1.807, 2.05) is 35.9 Å². The highest BCUT2D eigenvalue weighted by Gasteiger charge is 2.41. The summed E-state index contributed by atoms with van der Waals surface area (Å²) in [6, 6.07) is 7.80. The maximum Gasteiger partial charge on any atom is 0.327 e. The van der Waals surface area contributed by atoms with Gasteiger partial charge in [0.05, 0.1) is 17.1 Å². The third-order valence-electron chi connectivity index (χ3n) is 4.58. The van der Waals surface area contributed by atoms with E-state index in [4.69, 9.17) is 4.74 Å². The average Bonchev–Trinajstić information content (AvgIpc) is 3.19. The maximum atomic E-state index is 13.9. The Morgan fingerprint density at radius 1 is 1.44 bits per heavy atom. The van der Waals surface area contributed by atoms with Gasteiger partial charge in [-0.1, -0.05) is 12.1 Å². The minimum Gasteiger partial charge on any atom is -0.378 e. The standard InChI is InChI=1S/C18H23F2N3O2/c1-23-15-8-3-2-7-14(15)22-16(23)9-4-10-21-17(24)18(19,20)12-13-6-5-11-25-13/h2-3,7-8,13H,4-6,9-12H2,1H3,(H,21,24). The molecule has 0 radical (unpaired) electrons. The Morgan fingerprint density at radius 3 is 2.96 bits per heavy atom. The fraction of sp³-hybridized carbons (Fsp3) is 0.556. The third-order valence-corrected chi connectivity index (χ3v) is 4.58. The molecule has 1 aromatic heterocycles. The number of para-hydroxylation sites is 2. The van der Waals surface area contributed by atoms with Gasteiger partial charge in [-0.3, -0.25) is 4.79 Å². The van der Waals surface area contributed by atoms with E-state index in [1.165, 1.54) is 0 Å². The molecule has 136 valence electrons. The van der Waals surface area contributed by atoms with Crippen molar-refractivity contribution in [2.45, 2.75) is 44.1 Å². The highest BCUT2D eigenvalue weighted by atomic mass is 19.3. The molecule has 1 aromatic carbocycles. The average molecular weight is 351 g/mol. The van der Waals surface area contributed by atoms with Crippen LogP contribution in [0.2, 0.25) is 0 Å². The van der Waals surface area contributed by atoms with Gasteiger partial charge in [-0.05, 0) is 31.4 Å². The number of aromatic nitrogens is 2. The Bertz CT molecular complexity index is 739. The van der Waals surface area contributed by atoms with Crippen LogP contribution in [0.25, 0.3) is 11.0 Å². The van der Waals surface area contributed by atoms with Crippen LogP contribution in [0.15, 0.2) is 24.3 Å². The van der Waals surface area contributed by atoms with Gasteiger partial charge in [0.15, 0.2) is 0 Å². The number of halogens is 2. The molecule has 1 fully saturated rings. The van der Waals surface area contributed by atoms with Crippen LogP contribution in [-0.4, -0.2) is 40.6 Å². The van der Waals surface area contributed by atoms with Crippen LogP contribution in [-0.2, 0) is 23.0 Å². The second kappa shape index (κ2) is 7.47. The Morgan fingerprint density at radius 2 is 2.24 bits per heavy atom. The van der Waals surface area contributed by atoms with Gasteiger partial charge in [0.2, 0.25) is 0 Å². The summed E-state index contributed by atoms with van der Waals surface area (Å²) in [5.74, 6) is -3.72. The predicted octanol–water partition coefficient (Wildman–Crippen LogP) is 2.83. The summed E-state index contributed by atoms with van der Waals surface area (Å²) in [7, 11) is 1.93. The van der Waals surface area contributed by atoms with Crippen LogP contribution >= 0.6 is 0 Å². The highest BCUT2D eigenvalue weighted by molar-refractivity contribution is 5.83. The molecule has 1 aliphatic heterocycles. The number of hydrogen-bond donors (Lipinski definition) is 1. The number of imidazole rings is 1. The summed E-state index contributed by atoms with van der Waals surface area (Å²) in [4.78, 5) is 16.3. The lowest BCUT2D eigenvalue weighted by atomic mass is 10.1. The number of nitrogens with one attached hydrogen (secondary N) is 1. The van der Waals surface area contributed by atoms with Gasteiger partial charge in [0, 0.05) is 33.0 Å². The van der Waals surface area contributed by atoms with E-state index < -0.39 is 24.4 Å². The number of hydrogen-bond acceptors (Lipinski definition) is 3. The molecule has 0 aliphatic carbocycles. The van der Waals surface area contributed by atoms with E-state index in [1.54, 1.807) is 0 Å². The van der Waals surface area contributed by atoms with Gasteiger partial charge in [0.25, 0.3) is 5.91 Å². The molecule has 1 atom stereocenters. The van der Waals surface area contributed by atoms with Gasteiger partial charge < -0.3 is 14.6 Å². The molecule has 1 amide bonds. The van der Waals surface area contributed by atoms with Crippen molar-refractivity contribution in [2.75, 3.05) is 13.2 Å². The van der Waals surface area contributed by atoms with Crippen molar-refractivity contribution in [1.29, 1.82) is 0 Å². The van der Waals surface area contributed by atoms with Gasteiger partial charge in [-0.25, -0.2) is 4.98 Å². The Balaban J connectivity index is 1.47. The van der Waals surface area contributed by atoms with Gasteiger partial charge >= 0.3 is 5.92 Å². The van der Waals surface area contributed by atoms with E-state index in [0.717, 1.165) is 23.3 Å². The number of amides is 1. The number of carbonyl (C=O) groups is 1. The molecule has 2 aromatic rings. The highest BCUT2D eigenvalue weighted by Crippen LogP contribution is 2.27. The first kappa shape index (κ1) is 17.8. The zero-order valence-corrected chi connectivity index (χ0v) is 14.3. The molecule has 1 unspecified atom stereocenters. The number of nitrogens with zero attached hydrogens (tertiary/aromatic N) is 2. The van der Waals surface area contributed by atoms with Crippen molar-refractivity contribution in [3.05, 3.63) is 30.1 Å². The first-order valence-corrected chi connectivity index (χ1v) is 8.65. The Kier molecular flexibility index (Phi) is 5.32. The lowest BCUT2D eigenvalue weighted by Crippen LogP contribution is -2.42. The van der Waals surface area contributed by atoms with Crippen LogP contribution < -0.4 is 5.32 Å². The summed E-state index contributed by atoms with van der Waals surface area (Å²) >= 11 is 0. The lowest BCUT2D eigenvalue weighted by Gasteiger charge is -2.19. The molecule has 1 saturated heterocycles. The monoisotopic (exact) mass is 351 g/mol. The van der Waals surface area contributed by atoms with Crippen molar-refractivity contribution < 1.29 is 18.3 Å². The van der Waals surface area contributed by atoms with Crippen LogP contribution in [0.5, 0.6) is 0 Å². The number of aryl methyl sites for hydroxylation is 2. The van der Waals surface area contributed by atoms with E-state index in [9.17, 15) is 13.6 Å². The summed E-state index contributed by atoms with van der Waals surface area (Å²) in [5.41, 5.74) is 1.94. The molecule has 0 spiro atoms. The first-order valence-electron chi connectivity index (χ1n) is 8.65. The second-order valence-electron chi connectivity index (χ2n) is 6.48. The van der Waals surface area contributed by atoms with E-state index in [0.29, 0.717) is 25.9 Å². The van der Waals surface area contributed by atoms with Crippen molar-refractivity contribution >= 4 is 16.9 Å². The zero-order chi connectivity index (χ0) is 17.9. The number of carbonyl (C=O) groups excluding carboxylic acids is 1. The van der Waals surface area contributed by atoms with E-state index in [2.05, 4.69) is 10.3 Å². The molecule has 1 N–H and O–H groups in total. The molecule has 7 heteroatoms. The van der Waals surface area contributed by atoms with Gasteiger partial charge in [-0.15, -0.1) is 0 Å². The topological polar surface area (TPSA) is 56.2 Å². The minimum atomic E-state index is -3.38. The lowest BCUT2D eigenvalue weighted by molar-refractivity contribution is -0.150. The fourth-order valence-corrected chi connectivity index (χ4v) is 3.18. The second-order valence-corrected chi connectivity index (χ2v) is 6.48. The number of ether oxygens (including phenoxy) is 1. The number of rotatable bonds is 7. The molecule has 0 saturated carbocycles. The van der Waals surface area contributed by atoms with Gasteiger partial charge in [0.1, 0.15) is 5.82 Å². The largest absolute Gasteiger partial charge is 0.378 e. The number of benzene rings is 1. The molecule has 1 aliphatic rings. The van der Waals surface area contributed by atoms with Crippen LogP contribution in [0.4, 0.5) is 8.78 Å². The van der Waals surface area contributed by atoms with Gasteiger partial charge in [-0.2, -0.15) is 8.78 Å². The first-order chi connectivity index (χ1) is 12.0. The van der Waals surface area contributed by atoms with Crippen LogP contribution in [0.3, 0.4) is 0 Å². The fourth-order valence-electron chi connectivity index (χ4n) is 3.18. The molecule has 5 nitrogen and oxygen atoms in total. The third kappa shape index (κ3) is 4.15. The summed E-state index contributed by atoms with van der Waals surface area (Å²) in [6.07, 6.45) is 1.49. The summed E-state index contributed by atoms with van der Waals surface area (Å²) in [6.45, 7) is 0.698. The predicted molar refractivity (Wildman–Crippen MR) is 90.6 cm³/mol. The zero-order valence-electron chi connectivity index (χ0n) is 14.3. The molecular weight excluding hydrogens is 328 g/mol.